The second-order valence-electron chi connectivity index (χ2n) is 3.75. The van der Waals surface area contributed by atoms with Crippen molar-refractivity contribution in [2.24, 2.45) is 7.05 Å². The third kappa shape index (κ3) is 1.80. The van der Waals surface area contributed by atoms with Crippen molar-refractivity contribution in [3.63, 3.8) is 0 Å². The van der Waals surface area contributed by atoms with Gasteiger partial charge in [0.1, 0.15) is 18.2 Å². The van der Waals surface area contributed by atoms with E-state index in [0.717, 1.165) is 0 Å². The molecule has 2 heterocycles. The molecule has 0 saturated heterocycles. The lowest BCUT2D eigenvalue weighted by Crippen LogP contribution is -2.04. The molecule has 5 nitrogen and oxygen atoms in total. The van der Waals surface area contributed by atoms with Crippen molar-refractivity contribution < 1.29 is 4.42 Å². The van der Waals surface area contributed by atoms with E-state index in [4.69, 9.17) is 4.42 Å². The van der Waals surface area contributed by atoms with Gasteiger partial charge in [-0.15, -0.1) is 10.2 Å². The number of hydrogen-bond acceptors (Lipinski definition) is 5. The Morgan fingerprint density at radius 1 is 1.33 bits per heavy atom. The zero-order valence-electron chi connectivity index (χ0n) is 9.53. The van der Waals surface area contributed by atoms with Crippen LogP contribution < -0.4 is 5.43 Å². The van der Waals surface area contributed by atoms with E-state index in [1.165, 1.54) is 18.0 Å². The monoisotopic (exact) mass is 259 g/mol. The van der Waals surface area contributed by atoms with Crippen LogP contribution in [0.25, 0.3) is 11.0 Å². The van der Waals surface area contributed by atoms with Gasteiger partial charge in [-0.25, -0.2) is 0 Å². The maximum absolute atomic E-state index is 12.2. The van der Waals surface area contributed by atoms with E-state index in [2.05, 4.69) is 10.2 Å². The molecule has 2 aromatic heterocycles. The Kier molecular flexibility index (Phi) is 2.64. The molecule has 1 aromatic carbocycles. The molecule has 0 aliphatic rings. The molecular formula is C12H9N3O2S. The van der Waals surface area contributed by atoms with E-state index in [0.29, 0.717) is 21.0 Å². The van der Waals surface area contributed by atoms with Crippen molar-refractivity contribution in [3.8, 4) is 0 Å². The molecular weight excluding hydrogens is 250 g/mol. The number of para-hydroxylation sites is 1. The summed E-state index contributed by atoms with van der Waals surface area (Å²) in [6.07, 6.45) is 3.05. The lowest BCUT2D eigenvalue weighted by atomic mass is 10.2. The number of nitrogens with zero attached hydrogens (tertiary/aromatic N) is 3. The van der Waals surface area contributed by atoms with Gasteiger partial charge in [0.2, 0.25) is 5.43 Å². The van der Waals surface area contributed by atoms with E-state index in [-0.39, 0.29) is 5.43 Å². The number of hydrogen-bond donors (Lipinski definition) is 0. The van der Waals surface area contributed by atoms with Gasteiger partial charge in [0, 0.05) is 7.05 Å². The van der Waals surface area contributed by atoms with Crippen molar-refractivity contribution in [3.05, 3.63) is 47.1 Å². The molecule has 0 N–H and O–H groups in total. The van der Waals surface area contributed by atoms with Crippen LogP contribution in [0, 0.1) is 0 Å². The molecule has 6 heteroatoms. The zero-order valence-corrected chi connectivity index (χ0v) is 10.3. The lowest BCUT2D eigenvalue weighted by Gasteiger charge is -2.01. The van der Waals surface area contributed by atoms with E-state index < -0.39 is 0 Å². The van der Waals surface area contributed by atoms with Crippen LogP contribution in [0.3, 0.4) is 0 Å². The molecule has 18 heavy (non-hydrogen) atoms. The molecule has 0 radical (unpaired) electrons. The average molecular weight is 259 g/mol. The first kappa shape index (κ1) is 11.0. The molecule has 0 aliphatic carbocycles. The number of rotatable bonds is 2. The largest absolute Gasteiger partial charge is 0.463 e. The quantitative estimate of drug-likeness (QED) is 0.705. The molecule has 0 unspecified atom stereocenters. The van der Waals surface area contributed by atoms with Crippen LogP contribution in [0.4, 0.5) is 0 Å². The van der Waals surface area contributed by atoms with Crippen LogP contribution >= 0.6 is 11.8 Å². The molecule has 0 atom stereocenters. The van der Waals surface area contributed by atoms with Crippen LogP contribution in [0.15, 0.2) is 56.1 Å². The molecule has 0 saturated carbocycles. The SMILES string of the molecule is Cn1cnnc1Sc1coc2ccccc2c1=O. The maximum atomic E-state index is 12.2. The molecule has 0 bridgehead atoms. The predicted octanol–water partition coefficient (Wildman–Crippen LogP) is 2.07. The van der Waals surface area contributed by atoms with Gasteiger partial charge in [-0.2, -0.15) is 0 Å². The molecule has 90 valence electrons. The molecule has 0 fully saturated rings. The van der Waals surface area contributed by atoms with Gasteiger partial charge in [0.25, 0.3) is 0 Å². The topological polar surface area (TPSA) is 60.9 Å². The lowest BCUT2D eigenvalue weighted by molar-refractivity contribution is 0.587. The summed E-state index contributed by atoms with van der Waals surface area (Å²) in [5.41, 5.74) is 0.537. The van der Waals surface area contributed by atoms with Gasteiger partial charge in [-0.3, -0.25) is 4.79 Å². The molecule has 0 aliphatic heterocycles. The van der Waals surface area contributed by atoms with E-state index >= 15 is 0 Å². The van der Waals surface area contributed by atoms with Gasteiger partial charge >= 0.3 is 0 Å². The summed E-state index contributed by atoms with van der Waals surface area (Å²) in [6, 6.07) is 7.17. The summed E-state index contributed by atoms with van der Waals surface area (Å²) in [5.74, 6) is 0. The number of benzene rings is 1. The first-order valence-corrected chi connectivity index (χ1v) is 6.10. The minimum absolute atomic E-state index is 0.0511. The van der Waals surface area contributed by atoms with Crippen molar-refractivity contribution in [1.29, 1.82) is 0 Å². The third-order valence-electron chi connectivity index (χ3n) is 2.52. The highest BCUT2D eigenvalue weighted by atomic mass is 32.2. The minimum Gasteiger partial charge on any atom is -0.463 e. The van der Waals surface area contributed by atoms with E-state index in [1.54, 1.807) is 23.0 Å². The first-order valence-electron chi connectivity index (χ1n) is 5.28. The predicted molar refractivity (Wildman–Crippen MR) is 67.6 cm³/mol. The standard InChI is InChI=1S/C12H9N3O2S/c1-15-7-13-14-12(15)18-10-6-17-9-5-3-2-4-8(9)11(10)16/h2-7H,1H3. The summed E-state index contributed by atoms with van der Waals surface area (Å²) in [4.78, 5) is 12.7. The van der Waals surface area contributed by atoms with Crippen LogP contribution in [-0.4, -0.2) is 14.8 Å². The summed E-state index contributed by atoms with van der Waals surface area (Å²) in [6.45, 7) is 0. The molecule has 0 spiro atoms. The van der Waals surface area contributed by atoms with Crippen molar-refractivity contribution in [1.82, 2.24) is 14.8 Å². The Morgan fingerprint density at radius 3 is 2.94 bits per heavy atom. The van der Waals surface area contributed by atoms with Gasteiger partial charge in [0.05, 0.1) is 10.3 Å². The fourth-order valence-electron chi connectivity index (χ4n) is 1.59. The highest BCUT2D eigenvalue weighted by molar-refractivity contribution is 7.99. The van der Waals surface area contributed by atoms with Gasteiger partial charge in [-0.05, 0) is 23.9 Å². The van der Waals surface area contributed by atoms with Crippen LogP contribution in [0.1, 0.15) is 0 Å². The van der Waals surface area contributed by atoms with Crippen molar-refractivity contribution in [2.75, 3.05) is 0 Å². The third-order valence-corrected chi connectivity index (χ3v) is 3.57. The summed E-state index contributed by atoms with van der Waals surface area (Å²) >= 11 is 1.25. The van der Waals surface area contributed by atoms with Crippen LogP contribution in [0.5, 0.6) is 0 Å². The highest BCUT2D eigenvalue weighted by Gasteiger charge is 2.10. The molecule has 3 rings (SSSR count). The average Bonchev–Trinajstić information content (AvgIpc) is 2.79. The van der Waals surface area contributed by atoms with Gasteiger partial charge < -0.3 is 8.98 Å². The first-order chi connectivity index (χ1) is 8.75. The van der Waals surface area contributed by atoms with Crippen LogP contribution in [0.2, 0.25) is 0 Å². The number of fused-ring (bicyclic) bond motifs is 1. The summed E-state index contributed by atoms with van der Waals surface area (Å²) < 4.78 is 7.18. The van der Waals surface area contributed by atoms with Crippen LogP contribution in [-0.2, 0) is 7.05 Å². The second-order valence-corrected chi connectivity index (χ2v) is 4.76. The fraction of sp³-hybridized carbons (Fsp3) is 0.0833. The van der Waals surface area contributed by atoms with Crippen molar-refractivity contribution >= 4 is 22.7 Å². The van der Waals surface area contributed by atoms with Gasteiger partial charge in [0.15, 0.2) is 5.16 Å². The smallest absolute Gasteiger partial charge is 0.206 e. The molecule has 3 aromatic rings. The number of aryl methyl sites for hydroxylation is 1. The highest BCUT2D eigenvalue weighted by Crippen LogP contribution is 2.24. The van der Waals surface area contributed by atoms with E-state index in [9.17, 15) is 4.79 Å². The minimum atomic E-state index is -0.0511. The van der Waals surface area contributed by atoms with Gasteiger partial charge in [-0.1, -0.05) is 12.1 Å². The fourth-order valence-corrected chi connectivity index (χ4v) is 2.37. The Morgan fingerprint density at radius 2 is 2.17 bits per heavy atom. The Bertz CT molecular complexity index is 763. The Hall–Kier alpha value is -2.08. The normalized spacial score (nSPS) is 10.9. The van der Waals surface area contributed by atoms with Crippen molar-refractivity contribution in [2.45, 2.75) is 10.1 Å². The zero-order chi connectivity index (χ0) is 12.5. The molecule has 0 amide bonds. The Labute approximate surface area is 106 Å². The summed E-state index contributed by atoms with van der Waals surface area (Å²) in [5, 5.41) is 8.92. The Balaban J connectivity index is 2.11. The number of aromatic nitrogens is 3. The maximum Gasteiger partial charge on any atom is 0.206 e. The summed E-state index contributed by atoms with van der Waals surface area (Å²) in [7, 11) is 1.82. The van der Waals surface area contributed by atoms with E-state index in [1.807, 2.05) is 19.2 Å². The second kappa shape index (κ2) is 4.30.